The summed E-state index contributed by atoms with van der Waals surface area (Å²) in [5.74, 6) is -0.818. The lowest BCUT2D eigenvalue weighted by molar-refractivity contribution is -0.144. The Bertz CT molecular complexity index is 689. The van der Waals surface area contributed by atoms with E-state index in [0.717, 1.165) is 0 Å². The van der Waals surface area contributed by atoms with Gasteiger partial charge in [0.2, 0.25) is 5.91 Å². The van der Waals surface area contributed by atoms with Gasteiger partial charge in [-0.1, -0.05) is 6.07 Å². The number of amides is 1. The van der Waals surface area contributed by atoms with Crippen LogP contribution < -0.4 is 5.32 Å². The molecule has 0 radical (unpaired) electrons. The molecule has 1 aromatic carbocycles. The largest absolute Gasteiger partial charge is 0.466 e. The molecule has 1 heterocycles. The summed E-state index contributed by atoms with van der Waals surface area (Å²) in [5, 5.41) is 13.7. The van der Waals surface area contributed by atoms with Gasteiger partial charge in [-0.25, -0.2) is 4.39 Å². The molecule has 0 aliphatic carbocycles. The highest BCUT2D eigenvalue weighted by atomic mass is 19.1. The highest BCUT2D eigenvalue weighted by Crippen LogP contribution is 2.09. The molecule has 9 heteroatoms. The SMILES string of the molecule is CCOC(=O)CCC(=O)NCc1nnnn1-c1cccc(F)c1. The molecule has 0 aliphatic heterocycles. The number of carbonyl (C=O) groups excluding carboxylic acids is 2. The first-order valence-corrected chi connectivity index (χ1v) is 7.05. The summed E-state index contributed by atoms with van der Waals surface area (Å²) in [6.45, 7) is 2.04. The Kier molecular flexibility index (Phi) is 5.73. The number of halogens is 1. The second-order valence-corrected chi connectivity index (χ2v) is 4.57. The fourth-order valence-electron chi connectivity index (χ4n) is 1.84. The first kappa shape index (κ1) is 16.5. The maximum absolute atomic E-state index is 13.2. The average molecular weight is 321 g/mol. The summed E-state index contributed by atoms with van der Waals surface area (Å²) >= 11 is 0. The van der Waals surface area contributed by atoms with Gasteiger partial charge in [-0.2, -0.15) is 4.68 Å². The van der Waals surface area contributed by atoms with Crippen LogP contribution in [-0.4, -0.2) is 38.7 Å². The van der Waals surface area contributed by atoms with Crippen LogP contribution in [0.25, 0.3) is 5.69 Å². The zero-order valence-electron chi connectivity index (χ0n) is 12.5. The van der Waals surface area contributed by atoms with E-state index in [9.17, 15) is 14.0 Å². The maximum atomic E-state index is 13.2. The molecule has 8 nitrogen and oxygen atoms in total. The Morgan fingerprint density at radius 1 is 1.35 bits per heavy atom. The van der Waals surface area contributed by atoms with Gasteiger partial charge in [0.15, 0.2) is 5.82 Å². The molecule has 1 amide bonds. The molecule has 0 fully saturated rings. The Labute approximate surface area is 131 Å². The lowest BCUT2D eigenvalue weighted by Crippen LogP contribution is -2.25. The van der Waals surface area contributed by atoms with Crippen LogP contribution in [0, 0.1) is 5.82 Å². The summed E-state index contributed by atoms with van der Waals surface area (Å²) in [6.07, 6.45) is 0.0227. The molecule has 2 rings (SSSR count). The van der Waals surface area contributed by atoms with Gasteiger partial charge in [-0.3, -0.25) is 9.59 Å². The topological polar surface area (TPSA) is 99.0 Å². The first-order valence-electron chi connectivity index (χ1n) is 7.05. The van der Waals surface area contributed by atoms with Crippen LogP contribution in [0.15, 0.2) is 24.3 Å². The van der Waals surface area contributed by atoms with Crippen molar-refractivity contribution in [2.75, 3.05) is 6.61 Å². The van der Waals surface area contributed by atoms with Crippen molar-refractivity contribution in [2.45, 2.75) is 26.3 Å². The molecule has 0 saturated heterocycles. The smallest absolute Gasteiger partial charge is 0.306 e. The molecule has 0 unspecified atom stereocenters. The lowest BCUT2D eigenvalue weighted by Gasteiger charge is -2.06. The summed E-state index contributed by atoms with van der Waals surface area (Å²) in [6, 6.07) is 5.77. The molecule has 23 heavy (non-hydrogen) atoms. The molecule has 1 aromatic heterocycles. The van der Waals surface area contributed by atoms with Crippen LogP contribution in [0.2, 0.25) is 0 Å². The van der Waals surface area contributed by atoms with Crippen molar-refractivity contribution >= 4 is 11.9 Å². The number of hydrogen-bond donors (Lipinski definition) is 1. The van der Waals surface area contributed by atoms with Crippen LogP contribution in [-0.2, 0) is 20.9 Å². The number of rotatable bonds is 7. The van der Waals surface area contributed by atoms with Crippen LogP contribution in [0.1, 0.15) is 25.6 Å². The van der Waals surface area contributed by atoms with E-state index in [-0.39, 0.29) is 31.9 Å². The van der Waals surface area contributed by atoms with E-state index in [1.54, 1.807) is 13.0 Å². The maximum Gasteiger partial charge on any atom is 0.306 e. The number of nitrogens with zero attached hydrogens (tertiary/aromatic N) is 4. The number of hydrogen-bond acceptors (Lipinski definition) is 6. The van der Waals surface area contributed by atoms with E-state index in [1.807, 2.05) is 0 Å². The summed E-state index contributed by atoms with van der Waals surface area (Å²) in [5.41, 5.74) is 0.450. The molecule has 0 spiro atoms. The highest BCUT2D eigenvalue weighted by molar-refractivity contribution is 5.81. The number of nitrogens with one attached hydrogen (secondary N) is 1. The average Bonchev–Trinajstić information content (AvgIpc) is 3.00. The van der Waals surface area contributed by atoms with Crippen LogP contribution in [0.5, 0.6) is 0 Å². The summed E-state index contributed by atoms with van der Waals surface area (Å²) in [7, 11) is 0. The fraction of sp³-hybridized carbons (Fsp3) is 0.357. The van der Waals surface area contributed by atoms with Gasteiger partial charge in [0.05, 0.1) is 25.3 Å². The van der Waals surface area contributed by atoms with E-state index >= 15 is 0 Å². The van der Waals surface area contributed by atoms with Crippen molar-refractivity contribution in [1.29, 1.82) is 0 Å². The van der Waals surface area contributed by atoms with Gasteiger partial charge in [0.1, 0.15) is 5.82 Å². The number of esters is 1. The number of ether oxygens (including phenoxy) is 1. The Morgan fingerprint density at radius 2 is 2.17 bits per heavy atom. The predicted molar refractivity (Wildman–Crippen MR) is 76.8 cm³/mol. The standard InChI is InChI=1S/C14H16FN5O3/c1-2-23-14(22)7-6-13(21)16-9-12-17-18-19-20(12)11-5-3-4-10(15)8-11/h3-5,8H,2,6-7,9H2,1H3,(H,16,21). The van der Waals surface area contributed by atoms with Crippen molar-refractivity contribution in [3.05, 3.63) is 35.9 Å². The van der Waals surface area contributed by atoms with E-state index in [1.165, 1.54) is 22.9 Å². The Morgan fingerprint density at radius 3 is 2.91 bits per heavy atom. The minimum Gasteiger partial charge on any atom is -0.466 e. The van der Waals surface area contributed by atoms with Gasteiger partial charge >= 0.3 is 5.97 Å². The van der Waals surface area contributed by atoms with Crippen LogP contribution in [0.4, 0.5) is 4.39 Å². The molecular weight excluding hydrogens is 305 g/mol. The number of carbonyl (C=O) groups is 2. The fourth-order valence-corrected chi connectivity index (χ4v) is 1.84. The lowest BCUT2D eigenvalue weighted by atomic mass is 10.3. The third-order valence-electron chi connectivity index (χ3n) is 2.89. The zero-order valence-corrected chi connectivity index (χ0v) is 12.5. The van der Waals surface area contributed by atoms with Gasteiger partial charge in [0, 0.05) is 6.42 Å². The molecule has 0 aliphatic rings. The quantitative estimate of drug-likeness (QED) is 0.756. The van der Waals surface area contributed by atoms with Crippen molar-refractivity contribution in [1.82, 2.24) is 25.5 Å². The molecule has 0 saturated carbocycles. The van der Waals surface area contributed by atoms with Crippen molar-refractivity contribution in [3.8, 4) is 5.69 Å². The van der Waals surface area contributed by atoms with Gasteiger partial charge < -0.3 is 10.1 Å². The molecular formula is C14H16FN5O3. The summed E-state index contributed by atoms with van der Waals surface area (Å²) in [4.78, 5) is 22.9. The molecule has 0 atom stereocenters. The minimum atomic E-state index is -0.424. The number of tetrazole rings is 1. The van der Waals surface area contributed by atoms with E-state index in [0.29, 0.717) is 11.5 Å². The monoisotopic (exact) mass is 321 g/mol. The third-order valence-corrected chi connectivity index (χ3v) is 2.89. The van der Waals surface area contributed by atoms with Crippen molar-refractivity contribution < 1.29 is 18.7 Å². The zero-order chi connectivity index (χ0) is 16.7. The number of aromatic nitrogens is 4. The molecule has 1 N–H and O–H groups in total. The normalized spacial score (nSPS) is 10.3. The van der Waals surface area contributed by atoms with E-state index in [4.69, 9.17) is 4.74 Å². The van der Waals surface area contributed by atoms with Crippen LogP contribution in [0.3, 0.4) is 0 Å². The predicted octanol–water partition coefficient (Wildman–Crippen LogP) is 0.761. The Hall–Kier alpha value is -2.84. The third kappa shape index (κ3) is 4.83. The molecule has 2 aromatic rings. The molecule has 0 bridgehead atoms. The van der Waals surface area contributed by atoms with Crippen molar-refractivity contribution in [2.24, 2.45) is 0 Å². The molecule has 122 valence electrons. The van der Waals surface area contributed by atoms with Gasteiger partial charge in [-0.05, 0) is 35.5 Å². The number of benzene rings is 1. The Balaban J connectivity index is 1.91. The van der Waals surface area contributed by atoms with E-state index in [2.05, 4.69) is 20.8 Å². The highest BCUT2D eigenvalue weighted by Gasteiger charge is 2.12. The minimum absolute atomic E-state index is 0.00844. The van der Waals surface area contributed by atoms with E-state index < -0.39 is 11.8 Å². The van der Waals surface area contributed by atoms with Gasteiger partial charge in [0.25, 0.3) is 0 Å². The van der Waals surface area contributed by atoms with Gasteiger partial charge in [-0.15, -0.1) is 5.10 Å². The van der Waals surface area contributed by atoms with Crippen LogP contribution >= 0.6 is 0 Å². The first-order chi connectivity index (χ1) is 11.1. The second kappa shape index (κ2) is 7.97. The summed E-state index contributed by atoms with van der Waals surface area (Å²) < 4.78 is 19.3. The van der Waals surface area contributed by atoms with Crippen molar-refractivity contribution in [3.63, 3.8) is 0 Å². The second-order valence-electron chi connectivity index (χ2n) is 4.57.